The van der Waals surface area contributed by atoms with E-state index in [0.29, 0.717) is 5.92 Å². The Hall–Kier alpha value is -3.18. The van der Waals surface area contributed by atoms with Crippen LogP contribution in [0.25, 0.3) is 0 Å². The molecule has 0 aliphatic carbocycles. The third kappa shape index (κ3) is 5.00. The highest BCUT2D eigenvalue weighted by molar-refractivity contribution is 5.75. The molecular formula is C27H31N3O2. The summed E-state index contributed by atoms with van der Waals surface area (Å²) in [5, 5.41) is 16.7. The smallest absolute Gasteiger partial charge is 0.310 e. The second-order valence-corrected chi connectivity index (χ2v) is 8.77. The highest BCUT2D eigenvalue weighted by Gasteiger charge is 2.28. The van der Waals surface area contributed by atoms with Gasteiger partial charge in [0, 0.05) is 31.2 Å². The van der Waals surface area contributed by atoms with Crippen molar-refractivity contribution in [3.63, 3.8) is 0 Å². The molecular weight excluding hydrogens is 398 g/mol. The van der Waals surface area contributed by atoms with Crippen molar-refractivity contribution < 1.29 is 9.90 Å². The van der Waals surface area contributed by atoms with Gasteiger partial charge in [0.25, 0.3) is 0 Å². The van der Waals surface area contributed by atoms with Crippen LogP contribution < -0.4 is 10.6 Å². The number of nitrogens with one attached hydrogen (secondary N) is 2. The zero-order valence-electron chi connectivity index (χ0n) is 18.7. The molecule has 1 aromatic heterocycles. The maximum atomic E-state index is 11.4. The molecule has 166 valence electrons. The largest absolute Gasteiger partial charge is 0.481 e. The van der Waals surface area contributed by atoms with E-state index in [0.717, 1.165) is 42.0 Å². The van der Waals surface area contributed by atoms with E-state index in [9.17, 15) is 9.90 Å². The van der Waals surface area contributed by atoms with Crippen molar-refractivity contribution in [2.24, 2.45) is 5.92 Å². The third-order valence-corrected chi connectivity index (χ3v) is 6.52. The van der Waals surface area contributed by atoms with Gasteiger partial charge < -0.3 is 15.7 Å². The SMILES string of the molecule is C[C@H](CN[C@H](c1ccccc1)[C@H]1CNc2cccnc2C1)c1cccc([C@H](C)C(=O)O)c1. The second-order valence-electron chi connectivity index (χ2n) is 8.77. The molecule has 0 amide bonds. The third-order valence-electron chi connectivity index (χ3n) is 6.52. The Morgan fingerprint density at radius 1 is 1.06 bits per heavy atom. The fourth-order valence-electron chi connectivity index (χ4n) is 4.47. The molecule has 3 aromatic rings. The summed E-state index contributed by atoms with van der Waals surface area (Å²) in [7, 11) is 0. The van der Waals surface area contributed by atoms with Crippen molar-refractivity contribution in [1.82, 2.24) is 10.3 Å². The number of nitrogens with zero attached hydrogens (tertiary/aromatic N) is 1. The van der Waals surface area contributed by atoms with Gasteiger partial charge in [0.2, 0.25) is 0 Å². The van der Waals surface area contributed by atoms with E-state index in [1.54, 1.807) is 6.92 Å². The van der Waals surface area contributed by atoms with E-state index in [-0.39, 0.29) is 12.0 Å². The monoisotopic (exact) mass is 429 g/mol. The highest BCUT2D eigenvalue weighted by atomic mass is 16.4. The molecule has 0 bridgehead atoms. The highest BCUT2D eigenvalue weighted by Crippen LogP contribution is 2.32. The van der Waals surface area contributed by atoms with Crippen LogP contribution in [0.5, 0.6) is 0 Å². The molecule has 5 heteroatoms. The summed E-state index contributed by atoms with van der Waals surface area (Å²) in [5.41, 5.74) is 5.53. The van der Waals surface area contributed by atoms with Crippen LogP contribution in [0.4, 0.5) is 5.69 Å². The van der Waals surface area contributed by atoms with Crippen LogP contribution in [0.3, 0.4) is 0 Å². The van der Waals surface area contributed by atoms with Crippen LogP contribution in [-0.4, -0.2) is 29.1 Å². The summed E-state index contributed by atoms with van der Waals surface area (Å²) >= 11 is 0. The van der Waals surface area contributed by atoms with Gasteiger partial charge >= 0.3 is 5.97 Å². The number of carboxylic acid groups (broad SMARTS) is 1. The van der Waals surface area contributed by atoms with E-state index in [2.05, 4.69) is 58.9 Å². The Kier molecular flexibility index (Phi) is 6.86. The van der Waals surface area contributed by atoms with Gasteiger partial charge in [0.1, 0.15) is 0 Å². The summed E-state index contributed by atoms with van der Waals surface area (Å²) in [6.45, 7) is 5.62. The molecule has 0 saturated heterocycles. The summed E-state index contributed by atoms with van der Waals surface area (Å²) in [6, 6.07) is 22.8. The lowest BCUT2D eigenvalue weighted by Crippen LogP contribution is -2.37. The molecule has 5 nitrogen and oxygen atoms in total. The number of carboxylic acids is 1. The van der Waals surface area contributed by atoms with E-state index in [4.69, 9.17) is 0 Å². The first-order chi connectivity index (χ1) is 15.5. The first-order valence-electron chi connectivity index (χ1n) is 11.3. The molecule has 0 radical (unpaired) electrons. The number of pyridine rings is 1. The lowest BCUT2D eigenvalue weighted by Gasteiger charge is -2.33. The number of hydrogen-bond acceptors (Lipinski definition) is 4. The van der Waals surface area contributed by atoms with Gasteiger partial charge in [-0.3, -0.25) is 9.78 Å². The number of benzene rings is 2. The molecule has 2 aromatic carbocycles. The Morgan fingerprint density at radius 2 is 1.81 bits per heavy atom. The van der Waals surface area contributed by atoms with E-state index in [1.807, 2.05) is 36.5 Å². The fraction of sp³-hybridized carbons (Fsp3) is 0.333. The predicted molar refractivity (Wildman–Crippen MR) is 128 cm³/mol. The number of carbonyl (C=O) groups is 1. The zero-order chi connectivity index (χ0) is 22.5. The van der Waals surface area contributed by atoms with Crippen molar-refractivity contribution in [3.8, 4) is 0 Å². The first kappa shape index (κ1) is 22.0. The average molecular weight is 430 g/mol. The Labute approximate surface area is 189 Å². The molecule has 3 N–H and O–H groups in total. The Morgan fingerprint density at radius 3 is 2.59 bits per heavy atom. The van der Waals surface area contributed by atoms with Gasteiger partial charge in [-0.2, -0.15) is 0 Å². The van der Waals surface area contributed by atoms with Crippen molar-refractivity contribution in [2.45, 2.75) is 38.1 Å². The normalized spacial score (nSPS) is 18.1. The molecule has 0 spiro atoms. The molecule has 0 unspecified atom stereocenters. The number of anilines is 1. The molecule has 1 aliphatic heterocycles. The fourth-order valence-corrected chi connectivity index (χ4v) is 4.47. The van der Waals surface area contributed by atoms with Crippen molar-refractivity contribution in [1.29, 1.82) is 0 Å². The Balaban J connectivity index is 1.50. The average Bonchev–Trinajstić information content (AvgIpc) is 2.84. The summed E-state index contributed by atoms with van der Waals surface area (Å²) in [5.74, 6) is -0.668. The van der Waals surface area contributed by atoms with E-state index < -0.39 is 11.9 Å². The van der Waals surface area contributed by atoms with Gasteiger partial charge in [0.15, 0.2) is 0 Å². The maximum absolute atomic E-state index is 11.4. The van der Waals surface area contributed by atoms with Crippen LogP contribution in [0.2, 0.25) is 0 Å². The first-order valence-corrected chi connectivity index (χ1v) is 11.3. The second kappa shape index (κ2) is 9.96. The lowest BCUT2D eigenvalue weighted by molar-refractivity contribution is -0.138. The molecule has 0 saturated carbocycles. The molecule has 2 heterocycles. The molecule has 1 aliphatic rings. The van der Waals surface area contributed by atoms with Gasteiger partial charge in [0.05, 0.1) is 17.3 Å². The zero-order valence-corrected chi connectivity index (χ0v) is 18.7. The van der Waals surface area contributed by atoms with Gasteiger partial charge in [-0.25, -0.2) is 0 Å². The van der Waals surface area contributed by atoms with Crippen LogP contribution in [0, 0.1) is 5.92 Å². The minimum Gasteiger partial charge on any atom is -0.481 e. The van der Waals surface area contributed by atoms with E-state index in [1.165, 1.54) is 5.56 Å². The van der Waals surface area contributed by atoms with Crippen LogP contribution in [0.15, 0.2) is 72.9 Å². The number of aliphatic carboxylic acids is 1. The quantitative estimate of drug-likeness (QED) is 0.470. The molecule has 4 atom stereocenters. The van der Waals surface area contributed by atoms with E-state index >= 15 is 0 Å². The molecule has 4 rings (SSSR count). The maximum Gasteiger partial charge on any atom is 0.310 e. The summed E-state index contributed by atoms with van der Waals surface area (Å²) < 4.78 is 0. The standard InChI is InChI=1S/C27H31N3O2/c1-18(21-10-6-11-22(14-21)19(2)27(31)32)16-30-26(20-8-4-3-5-9-20)23-15-25-24(29-17-23)12-7-13-28-25/h3-14,18-19,23,26,29-30H,15-17H2,1-2H3,(H,31,32)/t18-,19+,23-,26-/m1/s1. The van der Waals surface area contributed by atoms with Crippen LogP contribution in [-0.2, 0) is 11.2 Å². The van der Waals surface area contributed by atoms with Gasteiger partial charge in [-0.05, 0) is 48.1 Å². The van der Waals surface area contributed by atoms with Crippen molar-refractivity contribution >= 4 is 11.7 Å². The van der Waals surface area contributed by atoms with Crippen molar-refractivity contribution in [2.75, 3.05) is 18.4 Å². The molecule has 32 heavy (non-hydrogen) atoms. The predicted octanol–water partition coefficient (Wildman–Crippen LogP) is 4.99. The topological polar surface area (TPSA) is 74.2 Å². The van der Waals surface area contributed by atoms with Crippen LogP contribution >= 0.6 is 0 Å². The minimum absolute atomic E-state index is 0.197. The summed E-state index contributed by atoms with van der Waals surface area (Å²) in [6.07, 6.45) is 2.79. The summed E-state index contributed by atoms with van der Waals surface area (Å²) in [4.78, 5) is 16.0. The number of aromatic nitrogens is 1. The number of hydrogen-bond donors (Lipinski definition) is 3. The van der Waals surface area contributed by atoms with Crippen molar-refractivity contribution in [3.05, 3.63) is 95.3 Å². The van der Waals surface area contributed by atoms with Crippen LogP contribution in [0.1, 0.15) is 54.1 Å². The number of rotatable bonds is 8. The lowest BCUT2D eigenvalue weighted by atomic mass is 9.86. The molecule has 0 fully saturated rings. The minimum atomic E-state index is -0.796. The van der Waals surface area contributed by atoms with Gasteiger partial charge in [-0.15, -0.1) is 0 Å². The number of fused-ring (bicyclic) bond motifs is 1. The Bertz CT molecular complexity index is 1050. The van der Waals surface area contributed by atoms with Gasteiger partial charge in [-0.1, -0.05) is 61.5 Å².